The Labute approximate surface area is 94.8 Å². The van der Waals surface area contributed by atoms with Gasteiger partial charge in [-0.05, 0) is 25.2 Å². The lowest BCUT2D eigenvalue weighted by molar-refractivity contribution is -0.155. The van der Waals surface area contributed by atoms with E-state index < -0.39 is 18.3 Å². The molecule has 0 radical (unpaired) electrons. The number of carbonyl (C=O) groups excluding carboxylic acids is 2. The van der Waals surface area contributed by atoms with Gasteiger partial charge in [0, 0.05) is 0 Å². The largest absolute Gasteiger partial charge is 0.373 e. The van der Waals surface area contributed by atoms with Gasteiger partial charge in [0.25, 0.3) is 0 Å². The van der Waals surface area contributed by atoms with E-state index in [9.17, 15) is 14.7 Å². The third-order valence-corrected chi connectivity index (χ3v) is 3.23. The number of aliphatic hydroxyl groups is 1. The number of aliphatic hydroxyl groups excluding tert-OH is 1. The quantitative estimate of drug-likeness (QED) is 0.687. The van der Waals surface area contributed by atoms with Gasteiger partial charge in [0.1, 0.15) is 18.3 Å². The summed E-state index contributed by atoms with van der Waals surface area (Å²) in [6.45, 7) is 4.01. The maximum atomic E-state index is 12.0. The van der Waals surface area contributed by atoms with Gasteiger partial charge >= 0.3 is 0 Å². The molecule has 2 aliphatic heterocycles. The Morgan fingerprint density at radius 3 is 2.75 bits per heavy atom. The Balaban J connectivity index is 2.15. The first-order valence-corrected chi connectivity index (χ1v) is 5.81. The molecule has 2 rings (SSSR count). The molecule has 5 heteroatoms. The first kappa shape index (κ1) is 11.4. The predicted octanol–water partition coefficient (Wildman–Crippen LogP) is -0.160. The molecule has 3 atom stereocenters. The fourth-order valence-corrected chi connectivity index (χ4v) is 2.49. The summed E-state index contributed by atoms with van der Waals surface area (Å²) in [5.74, 6) is 0.0793. The molecule has 0 spiro atoms. The number of hydrogen-bond donors (Lipinski definition) is 2. The van der Waals surface area contributed by atoms with E-state index in [1.165, 1.54) is 4.90 Å². The summed E-state index contributed by atoms with van der Waals surface area (Å²) in [5, 5.41) is 12.4. The summed E-state index contributed by atoms with van der Waals surface area (Å²) >= 11 is 0. The van der Waals surface area contributed by atoms with Crippen molar-refractivity contribution in [3.63, 3.8) is 0 Å². The number of nitrogens with one attached hydrogen (secondary N) is 1. The number of carbonyl (C=O) groups is 2. The van der Waals surface area contributed by atoms with E-state index in [2.05, 4.69) is 5.32 Å². The average molecular weight is 226 g/mol. The molecule has 0 aromatic carbocycles. The van der Waals surface area contributed by atoms with Crippen LogP contribution in [0, 0.1) is 5.92 Å². The molecule has 2 heterocycles. The van der Waals surface area contributed by atoms with Crippen molar-refractivity contribution >= 4 is 11.8 Å². The second-order valence-corrected chi connectivity index (χ2v) is 5.01. The Kier molecular flexibility index (Phi) is 2.88. The zero-order valence-electron chi connectivity index (χ0n) is 9.64. The second kappa shape index (κ2) is 4.05. The molecule has 2 N–H and O–H groups in total. The van der Waals surface area contributed by atoms with Crippen LogP contribution in [0.2, 0.25) is 0 Å². The number of hydrogen-bond acceptors (Lipinski definition) is 3. The van der Waals surface area contributed by atoms with E-state index in [4.69, 9.17) is 0 Å². The van der Waals surface area contributed by atoms with Crippen molar-refractivity contribution in [2.45, 2.75) is 51.4 Å². The van der Waals surface area contributed by atoms with Gasteiger partial charge in [0.15, 0.2) is 0 Å². The molecule has 0 aromatic rings. The SMILES string of the molecule is CC(C)C[C@@H]1NC(=O)[C@@H]2CC[C@@H](O)N2C1=O. The molecule has 2 aliphatic rings. The van der Waals surface area contributed by atoms with Gasteiger partial charge in [-0.1, -0.05) is 13.8 Å². The maximum absolute atomic E-state index is 12.0. The van der Waals surface area contributed by atoms with Gasteiger partial charge < -0.3 is 15.3 Å². The first-order valence-electron chi connectivity index (χ1n) is 5.81. The van der Waals surface area contributed by atoms with Crippen LogP contribution in [-0.4, -0.2) is 40.1 Å². The number of amides is 2. The standard InChI is InChI=1S/C11H18N2O3/c1-6(2)5-7-11(16)13-8(10(15)12-7)3-4-9(13)14/h6-9,14H,3-5H2,1-2H3,(H,12,15)/t7-,8-,9+/m0/s1. The van der Waals surface area contributed by atoms with Gasteiger partial charge in [0.2, 0.25) is 11.8 Å². The Morgan fingerprint density at radius 2 is 2.12 bits per heavy atom. The van der Waals surface area contributed by atoms with Crippen molar-refractivity contribution in [2.75, 3.05) is 0 Å². The lowest BCUT2D eigenvalue weighted by Gasteiger charge is -2.36. The molecule has 0 unspecified atom stereocenters. The minimum atomic E-state index is -0.779. The van der Waals surface area contributed by atoms with Gasteiger partial charge in [0.05, 0.1) is 0 Å². The summed E-state index contributed by atoms with van der Waals surface area (Å²) < 4.78 is 0. The molecule has 0 bridgehead atoms. The number of fused-ring (bicyclic) bond motifs is 1. The molecule has 0 saturated carbocycles. The molecule has 90 valence electrons. The second-order valence-electron chi connectivity index (χ2n) is 5.01. The Hall–Kier alpha value is -1.10. The predicted molar refractivity (Wildman–Crippen MR) is 57.3 cm³/mol. The van der Waals surface area contributed by atoms with Crippen LogP contribution < -0.4 is 5.32 Å². The number of piperazine rings is 1. The number of rotatable bonds is 2. The van der Waals surface area contributed by atoms with Crippen molar-refractivity contribution in [3.8, 4) is 0 Å². The minimum Gasteiger partial charge on any atom is -0.373 e. The fourth-order valence-electron chi connectivity index (χ4n) is 2.49. The highest BCUT2D eigenvalue weighted by molar-refractivity contribution is 5.97. The van der Waals surface area contributed by atoms with E-state index >= 15 is 0 Å². The van der Waals surface area contributed by atoms with E-state index in [-0.39, 0.29) is 11.8 Å². The zero-order chi connectivity index (χ0) is 11.9. The lowest BCUT2D eigenvalue weighted by Crippen LogP contribution is -2.63. The van der Waals surface area contributed by atoms with E-state index in [0.717, 1.165) is 0 Å². The summed E-state index contributed by atoms with van der Waals surface area (Å²) in [6.07, 6.45) is 0.907. The normalized spacial score (nSPS) is 34.2. The molecular formula is C11H18N2O3. The van der Waals surface area contributed by atoms with E-state index in [1.54, 1.807) is 0 Å². The molecule has 2 fully saturated rings. The summed E-state index contributed by atoms with van der Waals surface area (Å²) in [5.41, 5.74) is 0. The van der Waals surface area contributed by atoms with E-state index in [1.807, 2.05) is 13.8 Å². The fraction of sp³-hybridized carbons (Fsp3) is 0.818. The van der Waals surface area contributed by atoms with Crippen molar-refractivity contribution < 1.29 is 14.7 Å². The zero-order valence-corrected chi connectivity index (χ0v) is 9.64. The van der Waals surface area contributed by atoms with Crippen LogP contribution in [0.25, 0.3) is 0 Å². The summed E-state index contributed by atoms with van der Waals surface area (Å²) in [6, 6.07) is -0.914. The smallest absolute Gasteiger partial charge is 0.247 e. The molecule has 5 nitrogen and oxygen atoms in total. The molecule has 16 heavy (non-hydrogen) atoms. The highest BCUT2D eigenvalue weighted by Crippen LogP contribution is 2.27. The Bertz CT molecular complexity index is 316. The summed E-state index contributed by atoms with van der Waals surface area (Å²) in [7, 11) is 0. The topological polar surface area (TPSA) is 69.6 Å². The van der Waals surface area contributed by atoms with Gasteiger partial charge in [-0.15, -0.1) is 0 Å². The average Bonchev–Trinajstić information content (AvgIpc) is 2.56. The van der Waals surface area contributed by atoms with Crippen LogP contribution >= 0.6 is 0 Å². The maximum Gasteiger partial charge on any atom is 0.247 e. The van der Waals surface area contributed by atoms with Crippen LogP contribution in [0.15, 0.2) is 0 Å². The minimum absolute atomic E-state index is 0.123. The third kappa shape index (κ3) is 1.80. The van der Waals surface area contributed by atoms with Gasteiger partial charge in [-0.3, -0.25) is 9.59 Å². The first-order chi connectivity index (χ1) is 7.50. The van der Waals surface area contributed by atoms with Crippen LogP contribution in [0.1, 0.15) is 33.1 Å². The Morgan fingerprint density at radius 1 is 1.44 bits per heavy atom. The molecular weight excluding hydrogens is 208 g/mol. The third-order valence-electron chi connectivity index (χ3n) is 3.23. The van der Waals surface area contributed by atoms with E-state index in [0.29, 0.717) is 25.2 Å². The monoisotopic (exact) mass is 226 g/mol. The molecule has 2 saturated heterocycles. The van der Waals surface area contributed by atoms with Crippen molar-refractivity contribution in [3.05, 3.63) is 0 Å². The van der Waals surface area contributed by atoms with Crippen LogP contribution in [0.5, 0.6) is 0 Å². The van der Waals surface area contributed by atoms with Crippen molar-refractivity contribution in [1.82, 2.24) is 10.2 Å². The van der Waals surface area contributed by atoms with Crippen molar-refractivity contribution in [1.29, 1.82) is 0 Å². The molecule has 0 aliphatic carbocycles. The highest BCUT2D eigenvalue weighted by Gasteiger charge is 2.46. The van der Waals surface area contributed by atoms with Crippen LogP contribution in [0.3, 0.4) is 0 Å². The van der Waals surface area contributed by atoms with Crippen molar-refractivity contribution in [2.24, 2.45) is 5.92 Å². The van der Waals surface area contributed by atoms with Gasteiger partial charge in [-0.25, -0.2) is 0 Å². The number of nitrogens with zero attached hydrogens (tertiary/aromatic N) is 1. The van der Waals surface area contributed by atoms with Gasteiger partial charge in [-0.2, -0.15) is 0 Å². The highest BCUT2D eigenvalue weighted by atomic mass is 16.3. The lowest BCUT2D eigenvalue weighted by atomic mass is 9.99. The van der Waals surface area contributed by atoms with Crippen LogP contribution in [-0.2, 0) is 9.59 Å². The molecule has 0 aromatic heterocycles. The summed E-state index contributed by atoms with van der Waals surface area (Å²) in [4.78, 5) is 25.1. The van der Waals surface area contributed by atoms with Crippen LogP contribution in [0.4, 0.5) is 0 Å². The molecule has 2 amide bonds.